The molecule has 0 heterocycles. The Labute approximate surface area is 336 Å². The first-order valence-corrected chi connectivity index (χ1v) is 21.0. The SMILES string of the molecule is CC1(C)CCC(C)(C)c2cc(-c3ccc(N(c4ccccc4)c4cc5c(cc4-c4ccc6c(c4)C(C)(C)CCC6(C)C)-c4ccccc4C5(C)C)cc3)ccc21. The van der Waals surface area contributed by atoms with Gasteiger partial charge < -0.3 is 4.90 Å². The van der Waals surface area contributed by atoms with Crippen molar-refractivity contribution in [3.63, 3.8) is 0 Å². The van der Waals surface area contributed by atoms with Crippen LogP contribution in [0.2, 0.25) is 0 Å². The lowest BCUT2D eigenvalue weighted by atomic mass is 9.63. The zero-order chi connectivity index (χ0) is 39.4. The maximum Gasteiger partial charge on any atom is 0.0543 e. The molecule has 0 aliphatic heterocycles. The Morgan fingerprint density at radius 1 is 0.339 bits per heavy atom. The molecule has 0 saturated carbocycles. The molecule has 0 fully saturated rings. The fourth-order valence-corrected chi connectivity index (χ4v) is 10.5. The molecule has 0 N–H and O–H groups in total. The molecule has 0 bridgehead atoms. The molecule has 1 heteroatoms. The fraction of sp³-hybridized carbons (Fsp3) is 0.345. The van der Waals surface area contributed by atoms with E-state index in [1.807, 2.05) is 0 Å². The van der Waals surface area contributed by atoms with Crippen LogP contribution in [0.15, 0.2) is 127 Å². The lowest BCUT2D eigenvalue weighted by molar-refractivity contribution is 0.332. The molecular weight excluding hydrogens is 675 g/mol. The first kappa shape index (κ1) is 36.7. The third-order valence-corrected chi connectivity index (χ3v) is 14.4. The van der Waals surface area contributed by atoms with Crippen molar-refractivity contribution in [2.45, 2.75) is 122 Å². The zero-order valence-corrected chi connectivity index (χ0v) is 35.4. The van der Waals surface area contributed by atoms with Crippen LogP contribution in [0.4, 0.5) is 17.1 Å². The molecule has 9 rings (SSSR count). The quantitative estimate of drug-likeness (QED) is 0.171. The molecule has 3 aliphatic rings. The number of hydrogen-bond acceptors (Lipinski definition) is 1. The largest absolute Gasteiger partial charge is 0.310 e. The number of nitrogens with zero attached hydrogens (tertiary/aromatic N) is 1. The van der Waals surface area contributed by atoms with Gasteiger partial charge in [-0.1, -0.05) is 160 Å². The van der Waals surface area contributed by atoms with Gasteiger partial charge in [0.2, 0.25) is 0 Å². The van der Waals surface area contributed by atoms with E-state index < -0.39 is 0 Å². The van der Waals surface area contributed by atoms with Crippen molar-refractivity contribution in [1.82, 2.24) is 0 Å². The number of para-hydroxylation sites is 1. The molecule has 0 spiro atoms. The topological polar surface area (TPSA) is 3.24 Å². The summed E-state index contributed by atoms with van der Waals surface area (Å²) in [6.45, 7) is 24.2. The normalized spacial score (nSPS) is 19.0. The first-order chi connectivity index (χ1) is 26.5. The van der Waals surface area contributed by atoms with Crippen molar-refractivity contribution >= 4 is 17.1 Å². The minimum atomic E-state index is -0.123. The molecule has 6 aromatic rings. The van der Waals surface area contributed by atoms with E-state index in [-0.39, 0.29) is 27.1 Å². The highest BCUT2D eigenvalue weighted by Gasteiger charge is 2.40. The van der Waals surface area contributed by atoms with E-state index in [0.29, 0.717) is 0 Å². The maximum absolute atomic E-state index is 2.54. The molecule has 0 radical (unpaired) electrons. The summed E-state index contributed by atoms with van der Waals surface area (Å²) in [6.07, 6.45) is 4.84. The van der Waals surface area contributed by atoms with Crippen LogP contribution in [0.1, 0.15) is 128 Å². The second kappa shape index (κ2) is 12.6. The van der Waals surface area contributed by atoms with E-state index in [1.165, 1.54) is 98.1 Å². The maximum atomic E-state index is 2.54. The van der Waals surface area contributed by atoms with E-state index >= 15 is 0 Å². The van der Waals surface area contributed by atoms with Crippen molar-refractivity contribution in [3.05, 3.63) is 161 Å². The third kappa shape index (κ3) is 5.79. The highest BCUT2D eigenvalue weighted by Crippen LogP contribution is 2.55. The predicted molar refractivity (Wildman–Crippen MR) is 240 cm³/mol. The fourth-order valence-electron chi connectivity index (χ4n) is 10.5. The van der Waals surface area contributed by atoms with Crippen molar-refractivity contribution in [2.24, 2.45) is 0 Å². The summed E-state index contributed by atoms with van der Waals surface area (Å²) in [7, 11) is 0. The van der Waals surface area contributed by atoms with E-state index in [2.05, 4.69) is 202 Å². The minimum Gasteiger partial charge on any atom is -0.310 e. The monoisotopic (exact) mass is 733 g/mol. The lowest BCUT2D eigenvalue weighted by Gasteiger charge is -2.42. The lowest BCUT2D eigenvalue weighted by Crippen LogP contribution is -2.33. The Morgan fingerprint density at radius 2 is 0.821 bits per heavy atom. The van der Waals surface area contributed by atoms with Crippen LogP contribution in [0, 0.1) is 0 Å². The molecule has 1 nitrogen and oxygen atoms in total. The van der Waals surface area contributed by atoms with Gasteiger partial charge in [-0.05, 0) is 145 Å². The summed E-state index contributed by atoms with van der Waals surface area (Å²) in [5.74, 6) is 0. The van der Waals surface area contributed by atoms with Gasteiger partial charge in [-0.3, -0.25) is 0 Å². The number of rotatable bonds is 5. The van der Waals surface area contributed by atoms with Crippen LogP contribution >= 0.6 is 0 Å². The van der Waals surface area contributed by atoms with Gasteiger partial charge in [0.15, 0.2) is 0 Å². The molecule has 56 heavy (non-hydrogen) atoms. The van der Waals surface area contributed by atoms with Crippen LogP contribution in [-0.2, 0) is 27.1 Å². The second-order valence-corrected chi connectivity index (χ2v) is 20.4. The summed E-state index contributed by atoms with van der Waals surface area (Å²) in [4.78, 5) is 2.51. The predicted octanol–water partition coefficient (Wildman–Crippen LogP) is 15.5. The van der Waals surface area contributed by atoms with Gasteiger partial charge >= 0.3 is 0 Å². The number of benzene rings is 6. The molecule has 0 atom stereocenters. The van der Waals surface area contributed by atoms with Crippen molar-refractivity contribution in [2.75, 3.05) is 4.90 Å². The van der Waals surface area contributed by atoms with Crippen LogP contribution in [0.3, 0.4) is 0 Å². The Bertz CT molecular complexity index is 2490. The Kier molecular flexibility index (Phi) is 8.24. The molecule has 6 aromatic carbocycles. The summed E-state index contributed by atoms with van der Waals surface area (Å²) in [5.41, 5.74) is 20.7. The summed E-state index contributed by atoms with van der Waals surface area (Å²) in [6, 6.07) is 49.1. The second-order valence-electron chi connectivity index (χ2n) is 20.4. The van der Waals surface area contributed by atoms with E-state index in [1.54, 1.807) is 0 Å². The van der Waals surface area contributed by atoms with Gasteiger partial charge in [-0.2, -0.15) is 0 Å². The molecule has 284 valence electrons. The van der Waals surface area contributed by atoms with E-state index in [0.717, 1.165) is 11.4 Å². The summed E-state index contributed by atoms with van der Waals surface area (Å²) in [5, 5.41) is 0. The Morgan fingerprint density at radius 3 is 1.43 bits per heavy atom. The van der Waals surface area contributed by atoms with Crippen LogP contribution in [0.25, 0.3) is 33.4 Å². The number of fused-ring (bicyclic) bond motifs is 5. The zero-order valence-electron chi connectivity index (χ0n) is 35.4. The van der Waals surface area contributed by atoms with Gasteiger partial charge in [-0.15, -0.1) is 0 Å². The van der Waals surface area contributed by atoms with Crippen molar-refractivity contribution in [1.29, 1.82) is 0 Å². The average molecular weight is 734 g/mol. The number of hydrogen-bond donors (Lipinski definition) is 0. The summed E-state index contributed by atoms with van der Waals surface area (Å²) < 4.78 is 0. The van der Waals surface area contributed by atoms with Crippen LogP contribution in [0.5, 0.6) is 0 Å². The third-order valence-electron chi connectivity index (χ3n) is 14.4. The van der Waals surface area contributed by atoms with Crippen LogP contribution < -0.4 is 4.90 Å². The van der Waals surface area contributed by atoms with E-state index in [9.17, 15) is 0 Å². The van der Waals surface area contributed by atoms with Gasteiger partial charge in [-0.25, -0.2) is 0 Å². The molecule has 0 saturated heterocycles. The molecule has 3 aliphatic carbocycles. The van der Waals surface area contributed by atoms with Gasteiger partial charge in [0.25, 0.3) is 0 Å². The molecular formula is C55H59N. The molecule has 0 aromatic heterocycles. The Hall–Kier alpha value is -4.88. The minimum absolute atomic E-state index is 0.114. The number of anilines is 3. The van der Waals surface area contributed by atoms with Crippen LogP contribution in [-0.4, -0.2) is 0 Å². The average Bonchev–Trinajstić information content (AvgIpc) is 3.41. The van der Waals surface area contributed by atoms with Gasteiger partial charge in [0.1, 0.15) is 0 Å². The first-order valence-electron chi connectivity index (χ1n) is 21.0. The highest BCUT2D eigenvalue weighted by atomic mass is 15.1. The van der Waals surface area contributed by atoms with Crippen molar-refractivity contribution < 1.29 is 0 Å². The van der Waals surface area contributed by atoms with Crippen molar-refractivity contribution in [3.8, 4) is 33.4 Å². The Balaban J connectivity index is 1.24. The van der Waals surface area contributed by atoms with Gasteiger partial charge in [0, 0.05) is 22.4 Å². The molecule has 0 unspecified atom stereocenters. The molecule has 0 amide bonds. The standard InChI is InChI=1S/C55H59N/c1-51(2)28-30-53(5,6)48-32-37(22-26-45(48)51)36-20-24-40(25-21-36)56(39-16-12-11-13-17-39)50-35-47-43(41-18-14-15-19-44(41)55(47,9)10)34-42(50)38-23-27-46-49(33-38)54(7,8)31-29-52(46,3)4/h11-27,32-35H,28-31H2,1-10H3. The van der Waals surface area contributed by atoms with E-state index in [4.69, 9.17) is 0 Å². The highest BCUT2D eigenvalue weighted by molar-refractivity contribution is 5.95. The van der Waals surface area contributed by atoms with Gasteiger partial charge in [0.05, 0.1) is 5.69 Å². The smallest absolute Gasteiger partial charge is 0.0543 e. The summed E-state index contributed by atoms with van der Waals surface area (Å²) >= 11 is 0.